The second-order valence-electron chi connectivity index (χ2n) is 2.71. The molecule has 1 aromatic heterocycles. The van der Waals surface area contributed by atoms with Crippen molar-refractivity contribution in [2.24, 2.45) is 9.31 Å². The first-order chi connectivity index (χ1) is 7.24. The molecule has 1 heterocycles. The van der Waals surface area contributed by atoms with Gasteiger partial charge in [0.1, 0.15) is 0 Å². The number of fused-ring (bicyclic) bond motifs is 1. The van der Waals surface area contributed by atoms with E-state index < -0.39 is 0 Å². The molecule has 7 heteroatoms. The molecule has 0 spiro atoms. The zero-order valence-corrected chi connectivity index (χ0v) is 9.51. The average molecular weight is 266 g/mol. The number of rotatable bonds is 2. The molecule has 0 saturated heterocycles. The number of hydrogen-bond acceptors (Lipinski definition) is 6. The van der Waals surface area contributed by atoms with E-state index >= 15 is 0 Å². The number of methoxy groups -OCH3 is 1. The van der Waals surface area contributed by atoms with Crippen LogP contribution in [0.5, 0.6) is 5.75 Å². The van der Waals surface area contributed by atoms with Gasteiger partial charge >= 0.3 is 97.8 Å². The first-order valence-electron chi connectivity index (χ1n) is 3.98. The predicted octanol–water partition coefficient (Wildman–Crippen LogP) is 2.43. The van der Waals surface area contributed by atoms with Crippen LogP contribution in [0.2, 0.25) is 0 Å². The summed E-state index contributed by atoms with van der Waals surface area (Å²) in [5.41, 5.74) is 6.91. The summed E-state index contributed by atoms with van der Waals surface area (Å²) in [5.74, 6) is 0.688. The summed E-state index contributed by atoms with van der Waals surface area (Å²) in [7, 11) is 1.59. The molecule has 15 heavy (non-hydrogen) atoms. The Hall–Kier alpha value is -1.20. The second-order valence-corrected chi connectivity index (χ2v) is 3.97. The third-order valence-electron chi connectivity index (χ3n) is 1.84. The van der Waals surface area contributed by atoms with Crippen molar-refractivity contribution in [2.45, 2.75) is 0 Å². The zero-order chi connectivity index (χ0) is 10.8. The third kappa shape index (κ3) is 1.93. The molecule has 0 aliphatic rings. The molecule has 0 bridgehead atoms. The van der Waals surface area contributed by atoms with Crippen LogP contribution in [0.3, 0.4) is 0 Å². The number of nitrogen functional groups attached to an aromatic ring is 1. The van der Waals surface area contributed by atoms with Gasteiger partial charge in [-0.15, -0.1) is 0 Å². The third-order valence-corrected chi connectivity index (χ3v) is 2.77. The summed E-state index contributed by atoms with van der Waals surface area (Å²) in [4.78, 5) is 4.15. The fourth-order valence-electron chi connectivity index (χ4n) is 1.23. The minimum absolute atomic E-state index is 0.489. The van der Waals surface area contributed by atoms with Crippen molar-refractivity contribution in [1.29, 1.82) is 0 Å². The minimum atomic E-state index is 0.489. The summed E-state index contributed by atoms with van der Waals surface area (Å²) in [5, 5.41) is 4.31. The molecule has 2 N–H and O–H groups in total. The number of hydrogen-bond donors (Lipinski definition) is 1. The van der Waals surface area contributed by atoms with E-state index in [1.165, 1.54) is 11.3 Å². The van der Waals surface area contributed by atoms with E-state index in [0.29, 0.717) is 22.1 Å². The Bertz CT molecular complexity index is 525. The number of nitrogens with zero attached hydrogens (tertiary/aromatic N) is 3. The number of aromatic nitrogens is 1. The number of thiazole rings is 1. The van der Waals surface area contributed by atoms with Gasteiger partial charge < -0.3 is 0 Å². The van der Waals surface area contributed by atoms with E-state index in [2.05, 4.69) is 30.0 Å². The summed E-state index contributed by atoms with van der Waals surface area (Å²) in [6, 6.07) is 3.58. The molecule has 0 atom stereocenters. The van der Waals surface area contributed by atoms with Crippen LogP contribution in [0.15, 0.2) is 21.4 Å². The van der Waals surface area contributed by atoms with Crippen LogP contribution in [0.4, 0.5) is 10.8 Å². The molecule has 81 valence electrons. The van der Waals surface area contributed by atoms with Gasteiger partial charge in [0.15, 0.2) is 0 Å². The first-order valence-corrected chi connectivity index (χ1v) is 5.23. The van der Waals surface area contributed by atoms with Gasteiger partial charge in [-0.05, 0) is 0 Å². The molecule has 1 aromatic carbocycles. The average Bonchev–Trinajstić information content (AvgIpc) is 2.58. The first kappa shape index (κ1) is 10.3. The van der Waals surface area contributed by atoms with Gasteiger partial charge in [0.05, 0.1) is 0 Å². The normalized spacial score (nSPS) is 11.4. The number of benzene rings is 1. The summed E-state index contributed by atoms with van der Waals surface area (Å²) < 4.78 is 9.39. The molecule has 0 amide bonds. The van der Waals surface area contributed by atoms with Crippen molar-refractivity contribution in [3.05, 3.63) is 12.1 Å². The van der Waals surface area contributed by atoms with E-state index in [1.807, 2.05) is 6.07 Å². The van der Waals surface area contributed by atoms with Gasteiger partial charge in [-0.3, -0.25) is 0 Å². The van der Waals surface area contributed by atoms with Crippen LogP contribution in [-0.2, 0) is 15.7 Å². The number of anilines is 1. The predicted molar refractivity (Wildman–Crippen MR) is 55.1 cm³/mol. The van der Waals surface area contributed by atoms with Crippen LogP contribution >= 0.6 is 11.3 Å². The van der Waals surface area contributed by atoms with Crippen molar-refractivity contribution in [2.75, 3.05) is 12.8 Å². The molecular formula is C8H7N4NiOS. The van der Waals surface area contributed by atoms with Crippen LogP contribution < -0.4 is 10.5 Å². The maximum atomic E-state index is 5.62. The van der Waals surface area contributed by atoms with Crippen LogP contribution in [0, 0.1) is 0 Å². The molecular weight excluding hydrogens is 259 g/mol. The van der Waals surface area contributed by atoms with E-state index in [1.54, 1.807) is 13.2 Å². The summed E-state index contributed by atoms with van der Waals surface area (Å²) in [6.07, 6.45) is 0. The van der Waals surface area contributed by atoms with Crippen LogP contribution in [0.25, 0.3) is 10.2 Å². The Morgan fingerprint density at radius 3 is 3.00 bits per heavy atom. The number of nitrogens with two attached hydrogens (primary N) is 1. The molecule has 2 rings (SSSR count). The Balaban J connectivity index is 2.73. The molecule has 0 unspecified atom stereocenters. The van der Waals surface area contributed by atoms with Gasteiger partial charge in [0, 0.05) is 0 Å². The Morgan fingerprint density at radius 2 is 2.33 bits per heavy atom. The van der Waals surface area contributed by atoms with Crippen molar-refractivity contribution in [3.8, 4) is 5.75 Å². The topological polar surface area (TPSA) is 72.9 Å². The van der Waals surface area contributed by atoms with Crippen molar-refractivity contribution in [3.63, 3.8) is 0 Å². The molecule has 2 aromatic rings. The van der Waals surface area contributed by atoms with Crippen LogP contribution in [0.1, 0.15) is 0 Å². The van der Waals surface area contributed by atoms with E-state index in [4.69, 9.17) is 10.5 Å². The van der Waals surface area contributed by atoms with Gasteiger partial charge in [0.2, 0.25) is 0 Å². The molecule has 5 nitrogen and oxygen atoms in total. The van der Waals surface area contributed by atoms with Crippen LogP contribution in [-0.4, -0.2) is 12.1 Å². The second kappa shape index (κ2) is 4.12. The Morgan fingerprint density at radius 1 is 1.53 bits per heavy atom. The van der Waals surface area contributed by atoms with Crippen molar-refractivity contribution < 1.29 is 20.4 Å². The van der Waals surface area contributed by atoms with E-state index in [9.17, 15) is 0 Å². The van der Waals surface area contributed by atoms with Gasteiger partial charge in [0.25, 0.3) is 0 Å². The van der Waals surface area contributed by atoms with Crippen molar-refractivity contribution in [1.82, 2.24) is 4.98 Å². The fraction of sp³-hybridized carbons (Fsp3) is 0.125. The summed E-state index contributed by atoms with van der Waals surface area (Å²) >= 11 is 5.54. The summed E-state index contributed by atoms with van der Waals surface area (Å²) in [6.45, 7) is 0. The zero-order valence-electron chi connectivity index (χ0n) is 7.71. The SMILES string of the molecule is COc1cc(/N=[N]/[Ni])c2nc(N)sc2c1. The van der Waals surface area contributed by atoms with E-state index in [0.717, 1.165) is 4.70 Å². The van der Waals surface area contributed by atoms with E-state index in [-0.39, 0.29) is 0 Å². The molecule has 0 aliphatic heterocycles. The quantitative estimate of drug-likeness (QED) is 0.670. The van der Waals surface area contributed by atoms with Gasteiger partial charge in [-0.25, -0.2) is 0 Å². The van der Waals surface area contributed by atoms with Gasteiger partial charge in [-0.2, -0.15) is 0 Å². The molecule has 0 saturated carbocycles. The molecule has 0 radical (unpaired) electrons. The monoisotopic (exact) mass is 265 g/mol. The fourth-order valence-corrected chi connectivity index (χ4v) is 2.12. The maximum absolute atomic E-state index is 5.62. The van der Waals surface area contributed by atoms with Crippen molar-refractivity contribution >= 4 is 32.4 Å². The standard InChI is InChI=1S/C8H7N4OS.Ni/c1-13-4-2-5(12-10)7-6(3-4)14-8(9)11-7;/h2-3H,1H3,(H2,9,11);/q-1;+1. The molecule has 0 fully saturated rings. The van der Waals surface area contributed by atoms with Gasteiger partial charge in [-0.1, -0.05) is 0 Å². The molecule has 0 aliphatic carbocycles. The number of ether oxygens (including phenoxy) is 1. The Labute approximate surface area is 97.9 Å². The Kier molecular flexibility index (Phi) is 2.84.